The maximum atomic E-state index is 12.7. The Morgan fingerprint density at radius 3 is 2.53 bits per heavy atom. The lowest BCUT2D eigenvalue weighted by Gasteiger charge is -2.34. The van der Waals surface area contributed by atoms with Crippen molar-refractivity contribution in [1.82, 2.24) is 4.98 Å². The molecule has 0 spiro atoms. The van der Waals surface area contributed by atoms with Crippen LogP contribution in [-0.4, -0.2) is 34.7 Å². The van der Waals surface area contributed by atoms with Crippen LogP contribution in [0.4, 0.5) is 0 Å². The normalized spacial score (nSPS) is 22.2. The van der Waals surface area contributed by atoms with Crippen LogP contribution in [0.15, 0.2) is 36.4 Å². The monoisotopic (exact) mass is 439 g/mol. The fourth-order valence-electron chi connectivity index (χ4n) is 4.22. The molecule has 0 amide bonds. The minimum atomic E-state index is -0.711. The van der Waals surface area contributed by atoms with Gasteiger partial charge in [0.2, 0.25) is 0 Å². The van der Waals surface area contributed by atoms with E-state index in [-0.39, 0.29) is 24.0 Å². The Bertz CT molecular complexity index is 989. The average molecular weight is 440 g/mol. The Balaban J connectivity index is 1.91. The van der Waals surface area contributed by atoms with Crippen molar-refractivity contribution in [3.8, 4) is 0 Å². The lowest BCUT2D eigenvalue weighted by Crippen LogP contribution is -2.36. The number of aromatic nitrogens is 1. The van der Waals surface area contributed by atoms with E-state index in [0.717, 1.165) is 16.5 Å². The summed E-state index contributed by atoms with van der Waals surface area (Å²) in [5, 5.41) is 10.9. The predicted octanol–water partition coefficient (Wildman–Crippen LogP) is 4.99. The van der Waals surface area contributed by atoms with Crippen LogP contribution in [0.3, 0.4) is 0 Å². The molecule has 6 heteroatoms. The van der Waals surface area contributed by atoms with Gasteiger partial charge < -0.3 is 14.6 Å². The average Bonchev–Trinajstić information content (AvgIpc) is 2.76. The first kappa shape index (κ1) is 23.9. The lowest BCUT2D eigenvalue weighted by atomic mass is 9.72. The van der Waals surface area contributed by atoms with Crippen molar-refractivity contribution in [3.63, 3.8) is 0 Å². The topological polar surface area (TPSA) is 85.7 Å². The van der Waals surface area contributed by atoms with E-state index in [4.69, 9.17) is 14.5 Å². The molecule has 0 bridgehead atoms. The molecular formula is C26H33NO5. The summed E-state index contributed by atoms with van der Waals surface area (Å²) in [6, 6.07) is 9.82. The summed E-state index contributed by atoms with van der Waals surface area (Å²) >= 11 is 0. The summed E-state index contributed by atoms with van der Waals surface area (Å²) in [6.07, 6.45) is 5.40. The molecule has 1 saturated carbocycles. The number of carbonyl (C=O) groups is 2. The highest BCUT2D eigenvalue weighted by atomic mass is 16.5. The Kier molecular flexibility index (Phi) is 7.67. The van der Waals surface area contributed by atoms with E-state index in [0.29, 0.717) is 38.0 Å². The SMILES string of the molecule is CCOC(=O)C1(C=Cc2ccc3ccc(C(OC(C)=O)C(C)C)nc3c2)CCC(O)CC1. The number of aliphatic hydroxyl groups is 1. The van der Waals surface area contributed by atoms with Gasteiger partial charge >= 0.3 is 11.9 Å². The third kappa shape index (κ3) is 5.54. The highest BCUT2D eigenvalue weighted by molar-refractivity contribution is 5.83. The van der Waals surface area contributed by atoms with Gasteiger partial charge in [-0.3, -0.25) is 9.59 Å². The number of carbonyl (C=O) groups excluding carboxylic acids is 2. The van der Waals surface area contributed by atoms with E-state index in [1.165, 1.54) is 6.92 Å². The second-order valence-electron chi connectivity index (χ2n) is 8.90. The van der Waals surface area contributed by atoms with E-state index in [1.807, 2.05) is 56.3 Å². The van der Waals surface area contributed by atoms with Gasteiger partial charge in [0.15, 0.2) is 0 Å². The molecule has 1 fully saturated rings. The van der Waals surface area contributed by atoms with Gasteiger partial charge in [-0.15, -0.1) is 0 Å². The number of benzene rings is 1. The van der Waals surface area contributed by atoms with E-state index < -0.39 is 11.5 Å². The van der Waals surface area contributed by atoms with Gasteiger partial charge in [0, 0.05) is 12.3 Å². The molecule has 1 aromatic heterocycles. The molecule has 3 rings (SSSR count). The van der Waals surface area contributed by atoms with E-state index in [1.54, 1.807) is 6.92 Å². The molecule has 1 aliphatic carbocycles. The fourth-order valence-corrected chi connectivity index (χ4v) is 4.22. The summed E-state index contributed by atoms with van der Waals surface area (Å²) in [5.41, 5.74) is 1.72. The van der Waals surface area contributed by atoms with Gasteiger partial charge in [0.25, 0.3) is 0 Å². The Morgan fingerprint density at radius 1 is 1.22 bits per heavy atom. The van der Waals surface area contributed by atoms with Crippen LogP contribution in [0.5, 0.6) is 0 Å². The van der Waals surface area contributed by atoms with E-state index in [9.17, 15) is 14.7 Å². The number of fused-ring (bicyclic) bond motifs is 1. The van der Waals surface area contributed by atoms with Gasteiger partial charge in [-0.25, -0.2) is 4.98 Å². The molecule has 0 aliphatic heterocycles. The molecule has 1 unspecified atom stereocenters. The van der Waals surface area contributed by atoms with Crippen molar-refractivity contribution < 1.29 is 24.2 Å². The zero-order valence-electron chi connectivity index (χ0n) is 19.3. The van der Waals surface area contributed by atoms with Crippen molar-refractivity contribution in [2.45, 2.75) is 65.6 Å². The second kappa shape index (κ2) is 10.3. The lowest BCUT2D eigenvalue weighted by molar-refractivity contribution is -0.155. The van der Waals surface area contributed by atoms with Crippen molar-refractivity contribution in [2.75, 3.05) is 6.61 Å². The maximum absolute atomic E-state index is 12.7. The van der Waals surface area contributed by atoms with Crippen LogP contribution in [0.25, 0.3) is 17.0 Å². The molecule has 6 nitrogen and oxygen atoms in total. The van der Waals surface area contributed by atoms with Crippen LogP contribution >= 0.6 is 0 Å². The van der Waals surface area contributed by atoms with Crippen molar-refractivity contribution in [2.24, 2.45) is 11.3 Å². The molecule has 0 radical (unpaired) electrons. The van der Waals surface area contributed by atoms with Crippen molar-refractivity contribution in [3.05, 3.63) is 47.7 Å². The van der Waals surface area contributed by atoms with Crippen LogP contribution < -0.4 is 0 Å². The third-order valence-corrected chi connectivity index (χ3v) is 6.05. The highest BCUT2D eigenvalue weighted by Crippen LogP contribution is 2.39. The number of nitrogens with zero attached hydrogens (tertiary/aromatic N) is 1. The van der Waals surface area contributed by atoms with Gasteiger partial charge in [-0.2, -0.15) is 0 Å². The first-order valence-electron chi connectivity index (χ1n) is 11.4. The number of aliphatic hydroxyl groups excluding tert-OH is 1. The molecule has 2 aromatic rings. The smallest absolute Gasteiger partial charge is 0.315 e. The number of rotatable bonds is 7. The molecule has 1 aromatic carbocycles. The zero-order valence-corrected chi connectivity index (χ0v) is 19.3. The van der Waals surface area contributed by atoms with Gasteiger partial charge in [-0.1, -0.05) is 44.2 Å². The minimum Gasteiger partial charge on any atom is -0.465 e. The number of pyridine rings is 1. The molecule has 1 aliphatic rings. The zero-order chi connectivity index (χ0) is 23.3. The third-order valence-electron chi connectivity index (χ3n) is 6.05. The van der Waals surface area contributed by atoms with Crippen molar-refractivity contribution >= 4 is 28.9 Å². The fraction of sp³-hybridized carbons (Fsp3) is 0.500. The molecule has 172 valence electrons. The van der Waals surface area contributed by atoms with Gasteiger partial charge in [0.05, 0.1) is 29.3 Å². The number of hydrogen-bond acceptors (Lipinski definition) is 6. The Hall–Kier alpha value is -2.73. The second-order valence-corrected chi connectivity index (χ2v) is 8.90. The molecule has 1 N–H and O–H groups in total. The molecular weight excluding hydrogens is 406 g/mol. The highest BCUT2D eigenvalue weighted by Gasteiger charge is 2.40. The van der Waals surface area contributed by atoms with Crippen LogP contribution in [-0.2, 0) is 19.1 Å². The summed E-state index contributed by atoms with van der Waals surface area (Å²) in [7, 11) is 0. The predicted molar refractivity (Wildman–Crippen MR) is 124 cm³/mol. The van der Waals surface area contributed by atoms with Crippen LogP contribution in [0, 0.1) is 11.3 Å². The summed E-state index contributed by atoms with van der Waals surface area (Å²) in [4.78, 5) is 29.0. The number of esters is 2. The Morgan fingerprint density at radius 2 is 1.91 bits per heavy atom. The standard InChI is InChI=1S/C26H33NO5/c1-5-31-25(30)26(14-11-21(29)12-15-26)13-10-19-6-7-20-8-9-22(27-23(20)16-19)24(17(2)3)32-18(4)28/h6-10,13,16-17,21,24,29H,5,11-12,14-15H2,1-4H3. The first-order valence-corrected chi connectivity index (χ1v) is 11.4. The van der Waals surface area contributed by atoms with E-state index >= 15 is 0 Å². The first-order chi connectivity index (χ1) is 15.2. The number of hydrogen-bond donors (Lipinski definition) is 1. The largest absolute Gasteiger partial charge is 0.465 e. The van der Waals surface area contributed by atoms with E-state index in [2.05, 4.69) is 0 Å². The summed E-state index contributed by atoms with van der Waals surface area (Å²) in [5.74, 6) is -0.465. The molecule has 1 atom stereocenters. The van der Waals surface area contributed by atoms with Crippen LogP contribution in [0.1, 0.15) is 70.7 Å². The quantitative estimate of drug-likeness (QED) is 0.612. The number of ether oxygens (including phenoxy) is 2. The molecule has 32 heavy (non-hydrogen) atoms. The van der Waals surface area contributed by atoms with Crippen molar-refractivity contribution in [1.29, 1.82) is 0 Å². The van der Waals surface area contributed by atoms with Crippen LogP contribution in [0.2, 0.25) is 0 Å². The maximum Gasteiger partial charge on any atom is 0.315 e. The summed E-state index contributed by atoms with van der Waals surface area (Å²) in [6.45, 7) is 7.53. The summed E-state index contributed by atoms with van der Waals surface area (Å²) < 4.78 is 10.8. The van der Waals surface area contributed by atoms with Gasteiger partial charge in [0.1, 0.15) is 6.10 Å². The molecule has 0 saturated heterocycles. The Labute approximate surface area is 189 Å². The minimum absolute atomic E-state index is 0.0954. The van der Waals surface area contributed by atoms with Gasteiger partial charge in [-0.05, 0) is 56.2 Å². The molecule has 1 heterocycles.